The van der Waals surface area contributed by atoms with Gasteiger partial charge in [-0.1, -0.05) is 42.5 Å². The van der Waals surface area contributed by atoms with E-state index in [1.54, 1.807) is 12.1 Å². The van der Waals surface area contributed by atoms with E-state index in [0.717, 1.165) is 16.9 Å². The van der Waals surface area contributed by atoms with Crippen molar-refractivity contribution in [2.45, 2.75) is 6.42 Å². The summed E-state index contributed by atoms with van der Waals surface area (Å²) in [6, 6.07) is 15.6. The van der Waals surface area contributed by atoms with E-state index < -0.39 is 18.1 Å². The highest BCUT2D eigenvalue weighted by Crippen LogP contribution is 2.52. The maximum atomic E-state index is 12.8. The van der Waals surface area contributed by atoms with Gasteiger partial charge in [0.1, 0.15) is 17.9 Å². The van der Waals surface area contributed by atoms with E-state index in [-0.39, 0.29) is 46.8 Å². The zero-order chi connectivity index (χ0) is 22.7. The smallest absolute Gasteiger partial charge is 0.336 e. The van der Waals surface area contributed by atoms with Crippen LogP contribution >= 0.6 is 0 Å². The number of hydrogen-bond acceptors (Lipinski definition) is 6. The van der Waals surface area contributed by atoms with Gasteiger partial charge in [-0.25, -0.2) is 9.59 Å². The van der Waals surface area contributed by atoms with Crippen LogP contribution in [0.4, 0.5) is 0 Å². The molecule has 1 saturated carbocycles. The molecule has 2 fully saturated rings. The zero-order valence-electron chi connectivity index (χ0n) is 17.5. The number of carbonyl (C=O) groups excluding carboxylic acids is 3. The van der Waals surface area contributed by atoms with Crippen LogP contribution in [-0.4, -0.2) is 29.2 Å². The standard InChI is InChI=1S/C26H19NO6/c28-21-12-19(14-4-2-1-3-5-14)18-9-8-17(11-20(18)33-21)32-22(29)13-27-25(30)23-15-6-7-16(10-15)24(23)26(27)31/h1-9,11-12,15-16,23-24H,10,13H2/t15-,16-,23-,24+/m0/s1. The van der Waals surface area contributed by atoms with Crippen molar-refractivity contribution in [1.29, 1.82) is 0 Å². The third-order valence-electron chi connectivity index (χ3n) is 6.88. The maximum Gasteiger partial charge on any atom is 0.336 e. The lowest BCUT2D eigenvalue weighted by Gasteiger charge is -2.16. The van der Waals surface area contributed by atoms with Gasteiger partial charge in [0.15, 0.2) is 0 Å². The SMILES string of the molecule is O=C(CN1C(=O)[C@@H]2[C@H](C1=O)[C@H]1C=C[C@H]2C1)Oc1ccc2c(-c3ccccc3)cc(=O)oc2c1. The number of hydrogen-bond donors (Lipinski definition) is 0. The first-order chi connectivity index (χ1) is 16.0. The van der Waals surface area contributed by atoms with Crippen molar-refractivity contribution in [3.8, 4) is 16.9 Å². The average Bonchev–Trinajstić information content (AvgIpc) is 3.49. The molecule has 164 valence electrons. The van der Waals surface area contributed by atoms with E-state index >= 15 is 0 Å². The third-order valence-corrected chi connectivity index (χ3v) is 6.88. The van der Waals surface area contributed by atoms with Gasteiger partial charge in [0.2, 0.25) is 11.8 Å². The lowest BCUT2D eigenvalue weighted by Crippen LogP contribution is -2.38. The first kappa shape index (κ1) is 19.7. The highest BCUT2D eigenvalue weighted by atomic mass is 16.5. The fourth-order valence-corrected chi connectivity index (χ4v) is 5.48. The number of benzene rings is 2. The molecular formula is C26H19NO6. The number of amides is 2. The molecule has 0 spiro atoms. The normalized spacial score (nSPS) is 25.2. The Labute approximate surface area is 188 Å². The second-order valence-corrected chi connectivity index (χ2v) is 8.74. The van der Waals surface area contributed by atoms with Gasteiger partial charge >= 0.3 is 11.6 Å². The van der Waals surface area contributed by atoms with Crippen LogP contribution in [-0.2, 0) is 14.4 Å². The lowest BCUT2D eigenvalue weighted by molar-refractivity contribution is -0.148. The van der Waals surface area contributed by atoms with Crippen LogP contribution in [0, 0.1) is 23.7 Å². The fraction of sp³-hybridized carbons (Fsp3) is 0.231. The quantitative estimate of drug-likeness (QED) is 0.203. The predicted octanol–water partition coefficient (Wildman–Crippen LogP) is 3.17. The molecule has 0 N–H and O–H groups in total. The van der Waals surface area contributed by atoms with Gasteiger partial charge in [-0.3, -0.25) is 14.5 Å². The second-order valence-electron chi connectivity index (χ2n) is 8.74. The van der Waals surface area contributed by atoms with Crippen molar-refractivity contribution in [3.63, 3.8) is 0 Å². The van der Waals surface area contributed by atoms with Gasteiger partial charge in [-0.15, -0.1) is 0 Å². The van der Waals surface area contributed by atoms with Crippen LogP contribution in [0.25, 0.3) is 22.1 Å². The molecule has 2 amide bonds. The Bertz CT molecular complexity index is 1380. The van der Waals surface area contributed by atoms with Crippen LogP contribution in [0.3, 0.4) is 0 Å². The number of imide groups is 1. The van der Waals surface area contributed by atoms with Crippen molar-refractivity contribution in [2.75, 3.05) is 6.54 Å². The number of fused-ring (bicyclic) bond motifs is 6. The van der Waals surface area contributed by atoms with Crippen LogP contribution < -0.4 is 10.4 Å². The van der Waals surface area contributed by atoms with Crippen molar-refractivity contribution >= 4 is 28.8 Å². The Kier molecular flexibility index (Phi) is 4.33. The summed E-state index contributed by atoms with van der Waals surface area (Å²) in [7, 11) is 0. The van der Waals surface area contributed by atoms with Gasteiger partial charge in [0, 0.05) is 17.5 Å². The minimum atomic E-state index is -0.724. The summed E-state index contributed by atoms with van der Waals surface area (Å²) in [5.41, 5.74) is 1.33. The highest BCUT2D eigenvalue weighted by molar-refractivity contribution is 6.08. The largest absolute Gasteiger partial charge is 0.425 e. The highest BCUT2D eigenvalue weighted by Gasteiger charge is 2.59. The number of carbonyl (C=O) groups is 3. The van der Waals surface area contributed by atoms with Crippen LogP contribution in [0.2, 0.25) is 0 Å². The Balaban J connectivity index is 1.23. The summed E-state index contributed by atoms with van der Waals surface area (Å²) in [5, 5.41) is 0.696. The van der Waals surface area contributed by atoms with Crippen LogP contribution in [0.15, 0.2) is 76.0 Å². The maximum absolute atomic E-state index is 12.8. The number of nitrogens with zero attached hydrogens (tertiary/aromatic N) is 1. The molecule has 33 heavy (non-hydrogen) atoms. The topological polar surface area (TPSA) is 93.9 Å². The van der Waals surface area contributed by atoms with Gasteiger partial charge in [0.25, 0.3) is 0 Å². The summed E-state index contributed by atoms with van der Waals surface area (Å²) in [6.45, 7) is -0.434. The van der Waals surface area contributed by atoms with E-state index in [9.17, 15) is 19.2 Å². The van der Waals surface area contributed by atoms with Gasteiger partial charge in [-0.05, 0) is 41.5 Å². The Morgan fingerprint density at radius 3 is 2.33 bits per heavy atom. The van der Waals surface area contributed by atoms with E-state index in [1.165, 1.54) is 12.1 Å². The molecule has 2 aliphatic carbocycles. The van der Waals surface area contributed by atoms with E-state index in [1.807, 2.05) is 42.5 Å². The predicted molar refractivity (Wildman–Crippen MR) is 118 cm³/mol. The number of allylic oxidation sites excluding steroid dienone is 2. The van der Waals surface area contributed by atoms with Crippen molar-refractivity contribution in [1.82, 2.24) is 4.90 Å². The van der Waals surface area contributed by atoms with Gasteiger partial charge in [-0.2, -0.15) is 0 Å². The first-order valence-electron chi connectivity index (χ1n) is 10.9. The fourth-order valence-electron chi connectivity index (χ4n) is 5.48. The molecule has 6 rings (SSSR count). The zero-order valence-corrected chi connectivity index (χ0v) is 17.5. The van der Waals surface area contributed by atoms with Gasteiger partial charge in [0.05, 0.1) is 11.8 Å². The Hall–Kier alpha value is -4.00. The molecule has 7 heteroatoms. The van der Waals surface area contributed by atoms with Crippen molar-refractivity contribution in [2.24, 2.45) is 23.7 Å². The molecule has 1 aromatic heterocycles. The van der Waals surface area contributed by atoms with Gasteiger partial charge < -0.3 is 9.15 Å². The van der Waals surface area contributed by atoms with Crippen molar-refractivity contribution in [3.05, 3.63) is 77.2 Å². The molecule has 4 atom stereocenters. The van der Waals surface area contributed by atoms with Crippen LogP contribution in [0.5, 0.6) is 5.75 Å². The average molecular weight is 441 g/mol. The molecule has 1 saturated heterocycles. The number of esters is 1. The lowest BCUT2D eigenvalue weighted by atomic mass is 9.85. The Morgan fingerprint density at radius 2 is 1.64 bits per heavy atom. The summed E-state index contributed by atoms with van der Waals surface area (Å²) in [4.78, 5) is 51.3. The molecular weight excluding hydrogens is 422 g/mol. The molecule has 2 bridgehead atoms. The second kappa shape index (κ2) is 7.27. The molecule has 2 heterocycles. The summed E-state index contributed by atoms with van der Waals surface area (Å²) < 4.78 is 10.7. The van der Waals surface area contributed by atoms with E-state index in [2.05, 4.69) is 0 Å². The Morgan fingerprint density at radius 1 is 0.939 bits per heavy atom. The molecule has 3 aromatic rings. The molecule has 3 aliphatic rings. The minimum Gasteiger partial charge on any atom is -0.425 e. The van der Waals surface area contributed by atoms with E-state index in [0.29, 0.717) is 10.9 Å². The molecule has 7 nitrogen and oxygen atoms in total. The first-order valence-corrected chi connectivity index (χ1v) is 10.9. The monoisotopic (exact) mass is 441 g/mol. The van der Waals surface area contributed by atoms with E-state index in [4.69, 9.17) is 9.15 Å². The molecule has 0 radical (unpaired) electrons. The summed E-state index contributed by atoms with van der Waals surface area (Å²) in [5.74, 6) is -1.69. The summed E-state index contributed by atoms with van der Waals surface area (Å²) in [6.07, 6.45) is 4.84. The minimum absolute atomic E-state index is 0.0830. The van der Waals surface area contributed by atoms with Crippen LogP contribution in [0.1, 0.15) is 6.42 Å². The van der Waals surface area contributed by atoms with Crippen molar-refractivity contribution < 1.29 is 23.5 Å². The third kappa shape index (κ3) is 3.11. The number of likely N-dealkylation sites (tertiary alicyclic amines) is 1. The molecule has 0 unspecified atom stereocenters. The molecule has 2 aromatic carbocycles. The number of rotatable bonds is 4. The molecule has 1 aliphatic heterocycles. The summed E-state index contributed by atoms with van der Waals surface area (Å²) >= 11 is 0. The number of ether oxygens (including phenoxy) is 1.